The molecule has 0 spiro atoms. The molecule has 7 nitrogen and oxygen atoms in total. The van der Waals surface area contributed by atoms with E-state index in [1.165, 1.54) is 16.6 Å². The largest absolute Gasteiger partial charge is 0.296 e. The lowest BCUT2D eigenvalue weighted by Gasteiger charge is -2.13. The molecule has 0 bridgehead atoms. The van der Waals surface area contributed by atoms with Crippen LogP contribution < -0.4 is 5.56 Å². The van der Waals surface area contributed by atoms with Gasteiger partial charge in [0.1, 0.15) is 0 Å². The second kappa shape index (κ2) is 5.05. The number of fused-ring (bicyclic) bond motifs is 2. The van der Waals surface area contributed by atoms with Gasteiger partial charge in [-0.15, -0.1) is 0 Å². The molecule has 1 aromatic carbocycles. The van der Waals surface area contributed by atoms with Gasteiger partial charge in [0.25, 0.3) is 11.2 Å². The highest BCUT2D eigenvalue weighted by molar-refractivity contribution is 5.77. The fourth-order valence-electron chi connectivity index (χ4n) is 3.12. The zero-order valence-corrected chi connectivity index (χ0v) is 12.3. The number of hydrogen-bond donors (Lipinski definition) is 1. The highest BCUT2D eigenvalue weighted by Gasteiger charge is 2.19. The van der Waals surface area contributed by atoms with Gasteiger partial charge in [-0.3, -0.25) is 20.0 Å². The fraction of sp³-hybridized carbons (Fsp3) is 0.250. The summed E-state index contributed by atoms with van der Waals surface area (Å²) in [6.07, 6.45) is 5.39. The summed E-state index contributed by atoms with van der Waals surface area (Å²) in [4.78, 5) is 27.6. The van der Waals surface area contributed by atoms with E-state index >= 15 is 0 Å². The quantitative estimate of drug-likeness (QED) is 0.581. The molecule has 0 atom stereocenters. The third-order valence-electron chi connectivity index (χ3n) is 4.32. The van der Waals surface area contributed by atoms with E-state index in [2.05, 4.69) is 10.1 Å². The summed E-state index contributed by atoms with van der Waals surface area (Å²) in [6, 6.07) is 6.25. The minimum Gasteiger partial charge on any atom is -0.296 e. The number of aryl methyl sites for hydroxylation is 1. The van der Waals surface area contributed by atoms with Crippen molar-refractivity contribution >= 4 is 11.3 Å². The van der Waals surface area contributed by atoms with Gasteiger partial charge >= 0.3 is 0 Å². The predicted molar refractivity (Wildman–Crippen MR) is 84.5 cm³/mol. The number of non-ortho nitro benzene ring substituents is 1. The first-order valence-electron chi connectivity index (χ1n) is 7.52. The van der Waals surface area contributed by atoms with Crippen LogP contribution >= 0.6 is 0 Å². The van der Waals surface area contributed by atoms with Crippen LogP contribution in [0.1, 0.15) is 24.1 Å². The maximum atomic E-state index is 12.6. The second-order valence-electron chi connectivity index (χ2n) is 5.70. The number of H-pyrrole nitrogens is 1. The number of hydrogen-bond acceptors (Lipinski definition) is 4. The first-order chi connectivity index (χ1) is 11.1. The summed E-state index contributed by atoms with van der Waals surface area (Å²) in [5.41, 5.74) is 3.80. The Morgan fingerprint density at radius 1 is 1.17 bits per heavy atom. The Hall–Kier alpha value is -2.96. The molecular formula is C16H14N4O3. The van der Waals surface area contributed by atoms with Gasteiger partial charge in [0, 0.05) is 29.5 Å². The Bertz CT molecular complexity index is 969. The molecule has 0 saturated carbocycles. The van der Waals surface area contributed by atoms with E-state index in [0.717, 1.165) is 48.1 Å². The molecule has 23 heavy (non-hydrogen) atoms. The fourth-order valence-corrected chi connectivity index (χ4v) is 3.12. The Labute approximate surface area is 130 Å². The van der Waals surface area contributed by atoms with Crippen molar-refractivity contribution < 1.29 is 4.92 Å². The van der Waals surface area contributed by atoms with Crippen LogP contribution in [0.25, 0.3) is 16.8 Å². The zero-order chi connectivity index (χ0) is 16.0. The van der Waals surface area contributed by atoms with Crippen LogP contribution in [0.3, 0.4) is 0 Å². The summed E-state index contributed by atoms with van der Waals surface area (Å²) < 4.78 is 1.46. The van der Waals surface area contributed by atoms with Crippen molar-refractivity contribution in [2.75, 3.05) is 0 Å². The lowest BCUT2D eigenvalue weighted by molar-refractivity contribution is -0.384. The van der Waals surface area contributed by atoms with E-state index in [0.29, 0.717) is 5.65 Å². The van der Waals surface area contributed by atoms with Gasteiger partial charge in [-0.2, -0.15) is 0 Å². The highest BCUT2D eigenvalue weighted by Crippen LogP contribution is 2.26. The summed E-state index contributed by atoms with van der Waals surface area (Å²) in [5, 5.41) is 13.7. The number of aromatic nitrogens is 3. The molecule has 0 amide bonds. The number of nitro groups is 1. The lowest BCUT2D eigenvalue weighted by atomic mass is 9.97. The topological polar surface area (TPSA) is 93.3 Å². The molecule has 2 heterocycles. The van der Waals surface area contributed by atoms with E-state index < -0.39 is 4.92 Å². The van der Waals surface area contributed by atoms with Crippen LogP contribution in [-0.4, -0.2) is 19.5 Å². The van der Waals surface area contributed by atoms with Crippen LogP contribution in [0, 0.1) is 10.1 Å². The smallest absolute Gasteiger partial charge is 0.276 e. The van der Waals surface area contributed by atoms with E-state index in [4.69, 9.17) is 0 Å². The van der Waals surface area contributed by atoms with E-state index in [1.54, 1.807) is 18.3 Å². The predicted octanol–water partition coefficient (Wildman–Crippen LogP) is 2.48. The summed E-state index contributed by atoms with van der Waals surface area (Å²) in [7, 11) is 0. The number of rotatable bonds is 2. The van der Waals surface area contributed by atoms with Gasteiger partial charge in [0.05, 0.1) is 10.6 Å². The monoisotopic (exact) mass is 310 g/mol. The second-order valence-corrected chi connectivity index (χ2v) is 5.70. The molecule has 3 aromatic rings. The summed E-state index contributed by atoms with van der Waals surface area (Å²) in [5.74, 6) is 0. The molecule has 1 N–H and O–H groups in total. The van der Waals surface area contributed by atoms with Crippen LogP contribution in [0.15, 0.2) is 35.3 Å². The average Bonchev–Trinajstić information content (AvgIpc) is 2.99. The number of benzene rings is 1. The van der Waals surface area contributed by atoms with Crippen molar-refractivity contribution in [3.05, 3.63) is 62.2 Å². The van der Waals surface area contributed by atoms with Gasteiger partial charge < -0.3 is 0 Å². The SMILES string of the molecule is O=c1c2c(nc3c(-c4ccc([N+](=O)[O-])cc4)c[nH]n13)CCCC2. The number of aromatic amines is 1. The van der Waals surface area contributed by atoms with Gasteiger partial charge in [-0.1, -0.05) is 0 Å². The Morgan fingerprint density at radius 2 is 1.91 bits per heavy atom. The third kappa shape index (κ3) is 2.12. The van der Waals surface area contributed by atoms with Gasteiger partial charge in [0.15, 0.2) is 5.65 Å². The Balaban J connectivity index is 1.89. The normalized spacial score (nSPS) is 13.9. The lowest BCUT2D eigenvalue weighted by Crippen LogP contribution is -2.24. The van der Waals surface area contributed by atoms with Crippen LogP contribution in [-0.2, 0) is 12.8 Å². The summed E-state index contributed by atoms with van der Waals surface area (Å²) >= 11 is 0. The maximum absolute atomic E-state index is 12.6. The average molecular weight is 310 g/mol. The minimum atomic E-state index is -0.432. The van der Waals surface area contributed by atoms with Crippen LogP contribution in [0.2, 0.25) is 0 Å². The molecule has 1 aliphatic carbocycles. The summed E-state index contributed by atoms with van der Waals surface area (Å²) in [6.45, 7) is 0. The zero-order valence-electron chi connectivity index (χ0n) is 12.3. The molecule has 0 fully saturated rings. The molecule has 0 radical (unpaired) electrons. The first kappa shape index (κ1) is 13.7. The Kier molecular flexibility index (Phi) is 3.00. The molecular weight excluding hydrogens is 296 g/mol. The van der Waals surface area contributed by atoms with Crippen molar-refractivity contribution in [2.45, 2.75) is 25.7 Å². The van der Waals surface area contributed by atoms with E-state index in [-0.39, 0.29) is 11.2 Å². The third-order valence-corrected chi connectivity index (χ3v) is 4.32. The molecule has 2 aromatic heterocycles. The molecule has 0 aliphatic heterocycles. The van der Waals surface area contributed by atoms with E-state index in [1.807, 2.05) is 0 Å². The standard InChI is InChI=1S/C16H14N4O3/c21-16-12-3-1-2-4-14(12)18-15-13(9-17-19(15)16)10-5-7-11(8-6-10)20(22)23/h5-9,17H,1-4H2. The Morgan fingerprint density at radius 3 is 2.65 bits per heavy atom. The molecule has 7 heteroatoms. The number of nitrogens with zero attached hydrogens (tertiary/aromatic N) is 3. The van der Waals surface area contributed by atoms with Crippen molar-refractivity contribution in [3.63, 3.8) is 0 Å². The van der Waals surface area contributed by atoms with E-state index in [9.17, 15) is 14.9 Å². The van der Waals surface area contributed by atoms with Crippen molar-refractivity contribution in [1.29, 1.82) is 0 Å². The first-order valence-corrected chi connectivity index (χ1v) is 7.52. The molecule has 0 unspecified atom stereocenters. The van der Waals surface area contributed by atoms with Crippen LogP contribution in [0.4, 0.5) is 5.69 Å². The number of nitrogens with one attached hydrogen (secondary N) is 1. The highest BCUT2D eigenvalue weighted by atomic mass is 16.6. The molecule has 0 saturated heterocycles. The van der Waals surface area contributed by atoms with Crippen LogP contribution in [0.5, 0.6) is 0 Å². The molecule has 4 rings (SSSR count). The van der Waals surface area contributed by atoms with Crippen molar-refractivity contribution in [1.82, 2.24) is 14.6 Å². The van der Waals surface area contributed by atoms with Gasteiger partial charge in [-0.25, -0.2) is 9.50 Å². The van der Waals surface area contributed by atoms with Gasteiger partial charge in [-0.05, 0) is 43.4 Å². The molecule has 1 aliphatic rings. The van der Waals surface area contributed by atoms with Crippen molar-refractivity contribution in [2.24, 2.45) is 0 Å². The minimum absolute atomic E-state index is 0.0381. The van der Waals surface area contributed by atoms with Gasteiger partial charge in [0.2, 0.25) is 0 Å². The number of nitro benzene ring substituents is 1. The maximum Gasteiger partial charge on any atom is 0.276 e. The van der Waals surface area contributed by atoms with Crippen molar-refractivity contribution in [3.8, 4) is 11.1 Å². The molecule has 116 valence electrons.